The van der Waals surface area contributed by atoms with Crippen molar-refractivity contribution in [1.29, 1.82) is 0 Å². The van der Waals surface area contributed by atoms with Crippen LogP contribution in [0.3, 0.4) is 0 Å². The van der Waals surface area contributed by atoms with E-state index < -0.39 is 5.41 Å². The van der Waals surface area contributed by atoms with Gasteiger partial charge in [0.1, 0.15) is 28.7 Å². The number of methoxy groups -OCH3 is 3. The zero-order chi connectivity index (χ0) is 29.0. The van der Waals surface area contributed by atoms with Gasteiger partial charge in [-0.15, -0.1) is 0 Å². The molecule has 5 rings (SSSR count). The van der Waals surface area contributed by atoms with E-state index in [9.17, 15) is 0 Å². The van der Waals surface area contributed by atoms with Gasteiger partial charge in [-0.3, -0.25) is 0 Å². The minimum atomic E-state index is -0.818. The second-order valence-electron chi connectivity index (χ2n) is 10.3. The van der Waals surface area contributed by atoms with Crippen LogP contribution in [0.2, 0.25) is 0 Å². The zero-order valence-corrected chi connectivity index (χ0v) is 24.5. The van der Waals surface area contributed by atoms with Gasteiger partial charge in [0.15, 0.2) is 0 Å². The van der Waals surface area contributed by atoms with E-state index in [2.05, 4.69) is 87.5 Å². The van der Waals surface area contributed by atoms with E-state index in [0.717, 1.165) is 62.1 Å². The van der Waals surface area contributed by atoms with Crippen LogP contribution >= 0.6 is 0 Å². The van der Waals surface area contributed by atoms with E-state index in [1.807, 2.05) is 42.5 Å². The number of hydrogen-bond acceptors (Lipinski definition) is 4. The van der Waals surface area contributed by atoms with Crippen LogP contribution < -0.4 is 18.9 Å². The molecule has 0 spiro atoms. The highest BCUT2D eigenvalue weighted by atomic mass is 16.5. The average molecular weight is 545 g/mol. The molecule has 0 atom stereocenters. The molecule has 41 heavy (non-hydrogen) atoms. The van der Waals surface area contributed by atoms with Crippen LogP contribution in [0.4, 0.5) is 0 Å². The molecule has 0 saturated heterocycles. The van der Waals surface area contributed by atoms with Gasteiger partial charge in [-0.2, -0.15) is 0 Å². The molecule has 208 valence electrons. The van der Waals surface area contributed by atoms with Gasteiger partial charge in [0, 0.05) is 11.1 Å². The Balaban J connectivity index is 1.92. The quantitative estimate of drug-likeness (QED) is 0.174. The summed E-state index contributed by atoms with van der Waals surface area (Å²) >= 11 is 0. The lowest BCUT2D eigenvalue weighted by atomic mass is 9.64. The van der Waals surface area contributed by atoms with Gasteiger partial charge in [-0.25, -0.2) is 0 Å². The Morgan fingerprint density at radius 2 is 0.829 bits per heavy atom. The van der Waals surface area contributed by atoms with E-state index in [1.54, 1.807) is 21.3 Å². The highest BCUT2D eigenvalue weighted by Crippen LogP contribution is 2.52. The normalized spacial score (nSPS) is 11.2. The van der Waals surface area contributed by atoms with Crippen LogP contribution in [-0.4, -0.2) is 21.3 Å². The third-order valence-electron chi connectivity index (χ3n) is 7.59. The Hall–Kier alpha value is -4.70. The van der Waals surface area contributed by atoms with Gasteiger partial charge in [0.05, 0.1) is 26.7 Å². The fraction of sp³-hybridized carbons (Fsp3) is 0.189. The van der Waals surface area contributed by atoms with Crippen molar-refractivity contribution >= 4 is 0 Å². The van der Waals surface area contributed by atoms with Crippen molar-refractivity contribution < 1.29 is 18.9 Å². The van der Waals surface area contributed by atoms with Crippen LogP contribution in [0.1, 0.15) is 38.9 Å². The Labute approximate surface area is 243 Å². The Morgan fingerprint density at radius 1 is 0.415 bits per heavy atom. The lowest BCUT2D eigenvalue weighted by molar-refractivity contribution is 0.402. The Bertz CT molecular complexity index is 1570. The molecule has 0 N–H and O–H groups in total. The standard InChI is InChI=1S/C37H36O4/c1-25-7-15-32(16-8-25)41-36-22-10-27(3)24-34(36)37(28-11-17-30(38-4)18-12-28,29-13-19-31(39-5)20-14-29)33-23-26(2)9-21-35(33)40-6/h7-24H,1-6H3. The van der Waals surface area contributed by atoms with Gasteiger partial charge in [0.2, 0.25) is 0 Å². The van der Waals surface area contributed by atoms with Crippen LogP contribution in [0.25, 0.3) is 0 Å². The molecule has 0 radical (unpaired) electrons. The maximum Gasteiger partial charge on any atom is 0.132 e. The molecular weight excluding hydrogens is 508 g/mol. The zero-order valence-electron chi connectivity index (χ0n) is 24.5. The van der Waals surface area contributed by atoms with Crippen molar-refractivity contribution in [3.63, 3.8) is 0 Å². The van der Waals surface area contributed by atoms with Crippen molar-refractivity contribution in [2.45, 2.75) is 26.2 Å². The fourth-order valence-electron chi connectivity index (χ4n) is 5.49. The Kier molecular flexibility index (Phi) is 8.02. The molecule has 4 nitrogen and oxygen atoms in total. The van der Waals surface area contributed by atoms with E-state index >= 15 is 0 Å². The van der Waals surface area contributed by atoms with Crippen LogP contribution in [-0.2, 0) is 5.41 Å². The molecule has 0 aliphatic carbocycles. The molecule has 0 aromatic heterocycles. The third kappa shape index (κ3) is 5.38. The van der Waals surface area contributed by atoms with E-state index in [-0.39, 0.29) is 0 Å². The van der Waals surface area contributed by atoms with Gasteiger partial charge in [-0.05, 0) is 80.4 Å². The maximum absolute atomic E-state index is 6.69. The monoisotopic (exact) mass is 544 g/mol. The van der Waals surface area contributed by atoms with E-state index in [1.165, 1.54) is 5.56 Å². The van der Waals surface area contributed by atoms with E-state index in [4.69, 9.17) is 18.9 Å². The second-order valence-corrected chi connectivity index (χ2v) is 10.3. The lowest BCUT2D eigenvalue weighted by Crippen LogP contribution is -2.32. The number of ether oxygens (including phenoxy) is 4. The predicted molar refractivity (Wildman–Crippen MR) is 165 cm³/mol. The molecule has 5 aromatic rings. The van der Waals surface area contributed by atoms with Crippen molar-refractivity contribution in [1.82, 2.24) is 0 Å². The summed E-state index contributed by atoms with van der Waals surface area (Å²) in [6.07, 6.45) is 0. The number of aryl methyl sites for hydroxylation is 3. The number of rotatable bonds is 9. The lowest BCUT2D eigenvalue weighted by Gasteiger charge is -2.39. The van der Waals surface area contributed by atoms with Crippen LogP contribution in [0.15, 0.2) is 109 Å². The van der Waals surface area contributed by atoms with Gasteiger partial charge in [0.25, 0.3) is 0 Å². The molecule has 0 unspecified atom stereocenters. The molecule has 0 bridgehead atoms. The molecule has 5 aromatic carbocycles. The highest BCUT2D eigenvalue weighted by molar-refractivity contribution is 5.67. The maximum atomic E-state index is 6.69. The molecule has 0 saturated carbocycles. The molecule has 0 aliphatic rings. The largest absolute Gasteiger partial charge is 0.497 e. The van der Waals surface area contributed by atoms with Gasteiger partial charge < -0.3 is 18.9 Å². The summed E-state index contributed by atoms with van der Waals surface area (Å²) in [5.41, 5.74) is 6.71. The van der Waals surface area contributed by atoms with Crippen molar-refractivity contribution in [3.8, 4) is 28.7 Å². The van der Waals surface area contributed by atoms with Crippen molar-refractivity contribution in [3.05, 3.63) is 148 Å². The van der Waals surface area contributed by atoms with Crippen molar-refractivity contribution in [2.75, 3.05) is 21.3 Å². The first-order chi connectivity index (χ1) is 19.9. The molecular formula is C37H36O4. The van der Waals surface area contributed by atoms with Crippen LogP contribution in [0, 0.1) is 20.8 Å². The number of hydrogen-bond donors (Lipinski definition) is 0. The predicted octanol–water partition coefficient (Wildman–Crippen LogP) is 8.81. The summed E-state index contributed by atoms with van der Waals surface area (Å²) in [4.78, 5) is 0. The van der Waals surface area contributed by atoms with Crippen LogP contribution in [0.5, 0.6) is 28.7 Å². The fourth-order valence-corrected chi connectivity index (χ4v) is 5.49. The summed E-state index contributed by atoms with van der Waals surface area (Å²) in [5, 5.41) is 0. The van der Waals surface area contributed by atoms with Gasteiger partial charge in [-0.1, -0.05) is 77.4 Å². The first-order valence-corrected chi connectivity index (χ1v) is 13.7. The molecule has 0 aliphatic heterocycles. The number of benzene rings is 5. The molecule has 0 amide bonds. The summed E-state index contributed by atoms with van der Waals surface area (Å²) in [7, 11) is 5.09. The topological polar surface area (TPSA) is 36.9 Å². The average Bonchev–Trinajstić information content (AvgIpc) is 3.00. The smallest absolute Gasteiger partial charge is 0.132 e. The second kappa shape index (κ2) is 11.8. The summed E-state index contributed by atoms with van der Waals surface area (Å²) in [6, 6.07) is 37.4. The van der Waals surface area contributed by atoms with Crippen molar-refractivity contribution in [2.24, 2.45) is 0 Å². The first kappa shape index (κ1) is 27.9. The summed E-state index contributed by atoms with van der Waals surface area (Å²) in [6.45, 7) is 6.29. The molecule has 4 heteroatoms. The SMILES string of the molecule is COc1ccc(C(c2ccc(OC)cc2)(c2cc(C)ccc2OC)c2cc(C)ccc2Oc2ccc(C)cc2)cc1. The molecule has 0 heterocycles. The Morgan fingerprint density at radius 3 is 1.29 bits per heavy atom. The molecule has 0 fully saturated rings. The highest BCUT2D eigenvalue weighted by Gasteiger charge is 2.43. The summed E-state index contributed by atoms with van der Waals surface area (Å²) < 4.78 is 23.9. The van der Waals surface area contributed by atoms with Gasteiger partial charge >= 0.3 is 0 Å². The third-order valence-corrected chi connectivity index (χ3v) is 7.59. The minimum absolute atomic E-state index is 0.759. The van der Waals surface area contributed by atoms with E-state index in [0.29, 0.717) is 0 Å². The first-order valence-electron chi connectivity index (χ1n) is 13.7. The summed E-state index contributed by atoms with van der Waals surface area (Å²) in [5.74, 6) is 3.89. The minimum Gasteiger partial charge on any atom is -0.497 e.